The molecule has 0 saturated carbocycles. The van der Waals surface area contributed by atoms with E-state index in [-0.39, 0.29) is 11.6 Å². The SMILES string of the molecule is CC(Cl)C(=O)N(C)Cc1ccc([N+](=O)[O-])cc1. The van der Waals surface area contributed by atoms with E-state index in [0.29, 0.717) is 6.54 Å². The van der Waals surface area contributed by atoms with Crippen LogP contribution >= 0.6 is 11.6 Å². The number of hydrogen-bond donors (Lipinski definition) is 0. The molecule has 5 nitrogen and oxygen atoms in total. The number of alkyl halides is 1. The quantitative estimate of drug-likeness (QED) is 0.471. The molecular weight excluding hydrogens is 244 g/mol. The van der Waals surface area contributed by atoms with Gasteiger partial charge in [-0.15, -0.1) is 11.6 Å². The second-order valence-corrected chi connectivity index (χ2v) is 4.39. The Bertz CT molecular complexity index is 417. The van der Waals surface area contributed by atoms with Gasteiger partial charge in [-0.3, -0.25) is 14.9 Å². The Kier molecular flexibility index (Phi) is 4.45. The Morgan fingerprint density at radius 2 is 2.00 bits per heavy atom. The van der Waals surface area contributed by atoms with Crippen LogP contribution in [0, 0.1) is 10.1 Å². The minimum Gasteiger partial charge on any atom is -0.340 e. The van der Waals surface area contributed by atoms with Crippen molar-refractivity contribution in [3.05, 3.63) is 39.9 Å². The first kappa shape index (κ1) is 13.4. The molecule has 0 aliphatic carbocycles. The monoisotopic (exact) mass is 256 g/mol. The summed E-state index contributed by atoms with van der Waals surface area (Å²) in [6.07, 6.45) is 0. The van der Waals surface area contributed by atoms with Crippen molar-refractivity contribution < 1.29 is 9.72 Å². The van der Waals surface area contributed by atoms with Gasteiger partial charge in [0, 0.05) is 25.7 Å². The summed E-state index contributed by atoms with van der Waals surface area (Å²) < 4.78 is 0. The van der Waals surface area contributed by atoms with Crippen molar-refractivity contribution in [2.45, 2.75) is 18.8 Å². The van der Waals surface area contributed by atoms with E-state index in [1.54, 1.807) is 26.1 Å². The molecule has 1 rings (SSSR count). The largest absolute Gasteiger partial charge is 0.340 e. The number of halogens is 1. The Hall–Kier alpha value is -1.62. The number of benzene rings is 1. The predicted octanol–water partition coefficient (Wildman–Crippen LogP) is 2.18. The zero-order chi connectivity index (χ0) is 13.0. The van der Waals surface area contributed by atoms with Crippen LogP contribution in [0.1, 0.15) is 12.5 Å². The number of carbonyl (C=O) groups is 1. The van der Waals surface area contributed by atoms with Gasteiger partial charge in [0.05, 0.1) is 4.92 Å². The molecule has 1 amide bonds. The van der Waals surface area contributed by atoms with Gasteiger partial charge < -0.3 is 4.90 Å². The van der Waals surface area contributed by atoms with Crippen LogP contribution in [0.3, 0.4) is 0 Å². The van der Waals surface area contributed by atoms with Gasteiger partial charge in [0.15, 0.2) is 0 Å². The van der Waals surface area contributed by atoms with E-state index in [1.807, 2.05) is 0 Å². The number of nitro benzene ring substituents is 1. The number of hydrogen-bond acceptors (Lipinski definition) is 3. The molecule has 0 radical (unpaired) electrons. The van der Waals surface area contributed by atoms with Crippen molar-refractivity contribution in [2.24, 2.45) is 0 Å². The second-order valence-electron chi connectivity index (χ2n) is 3.73. The van der Waals surface area contributed by atoms with E-state index in [2.05, 4.69) is 0 Å². The number of non-ortho nitro benzene ring substituents is 1. The molecule has 0 aliphatic heterocycles. The average molecular weight is 257 g/mol. The highest BCUT2D eigenvalue weighted by molar-refractivity contribution is 6.30. The molecule has 0 aliphatic rings. The molecule has 0 spiro atoms. The van der Waals surface area contributed by atoms with E-state index >= 15 is 0 Å². The van der Waals surface area contributed by atoms with Gasteiger partial charge in [0.2, 0.25) is 5.91 Å². The van der Waals surface area contributed by atoms with Gasteiger partial charge in [-0.1, -0.05) is 12.1 Å². The summed E-state index contributed by atoms with van der Waals surface area (Å²) in [6.45, 7) is 1.99. The number of nitrogens with zero attached hydrogens (tertiary/aromatic N) is 2. The van der Waals surface area contributed by atoms with Crippen LogP contribution < -0.4 is 0 Å². The molecule has 0 heterocycles. The van der Waals surface area contributed by atoms with Gasteiger partial charge >= 0.3 is 0 Å². The molecule has 92 valence electrons. The molecular formula is C11H13ClN2O3. The molecule has 0 N–H and O–H groups in total. The molecule has 0 aromatic heterocycles. The highest BCUT2D eigenvalue weighted by Gasteiger charge is 2.15. The normalized spacial score (nSPS) is 11.9. The van der Waals surface area contributed by atoms with Crippen LogP contribution in [0.25, 0.3) is 0 Å². The smallest absolute Gasteiger partial charge is 0.269 e. The fourth-order valence-corrected chi connectivity index (χ4v) is 1.55. The maximum absolute atomic E-state index is 11.5. The molecule has 0 bridgehead atoms. The summed E-state index contributed by atoms with van der Waals surface area (Å²) in [5, 5.41) is 9.88. The maximum Gasteiger partial charge on any atom is 0.269 e. The first-order chi connectivity index (χ1) is 7.91. The van der Waals surface area contributed by atoms with E-state index in [1.165, 1.54) is 17.0 Å². The van der Waals surface area contributed by atoms with Crippen LogP contribution in [-0.4, -0.2) is 28.2 Å². The lowest BCUT2D eigenvalue weighted by Gasteiger charge is -2.18. The summed E-state index contributed by atoms with van der Waals surface area (Å²) >= 11 is 5.68. The number of carbonyl (C=O) groups excluding carboxylic acids is 1. The highest BCUT2D eigenvalue weighted by atomic mass is 35.5. The van der Waals surface area contributed by atoms with Crippen molar-refractivity contribution in [2.75, 3.05) is 7.05 Å². The molecule has 6 heteroatoms. The Balaban J connectivity index is 2.69. The Morgan fingerprint density at radius 3 is 2.41 bits per heavy atom. The summed E-state index contributed by atoms with van der Waals surface area (Å²) in [6, 6.07) is 6.08. The standard InChI is InChI=1S/C11H13ClN2O3/c1-8(12)11(15)13(2)7-9-3-5-10(6-4-9)14(16)17/h3-6,8H,7H2,1-2H3. The van der Waals surface area contributed by atoms with Gasteiger partial charge in [0.25, 0.3) is 5.69 Å². The van der Waals surface area contributed by atoms with Crippen LogP contribution in [0.15, 0.2) is 24.3 Å². The Labute approximate surface area is 104 Å². The average Bonchev–Trinajstić information content (AvgIpc) is 2.28. The zero-order valence-electron chi connectivity index (χ0n) is 9.59. The molecule has 17 heavy (non-hydrogen) atoms. The van der Waals surface area contributed by atoms with Crippen molar-refractivity contribution in [3.8, 4) is 0 Å². The molecule has 1 aromatic rings. The van der Waals surface area contributed by atoms with E-state index in [4.69, 9.17) is 11.6 Å². The van der Waals surface area contributed by atoms with Crippen molar-refractivity contribution in [3.63, 3.8) is 0 Å². The molecule has 1 aromatic carbocycles. The van der Waals surface area contributed by atoms with Gasteiger partial charge in [-0.2, -0.15) is 0 Å². The van der Waals surface area contributed by atoms with Crippen molar-refractivity contribution >= 4 is 23.2 Å². The van der Waals surface area contributed by atoms with Crippen molar-refractivity contribution in [1.29, 1.82) is 0 Å². The number of rotatable bonds is 4. The van der Waals surface area contributed by atoms with Crippen molar-refractivity contribution in [1.82, 2.24) is 4.90 Å². The lowest BCUT2D eigenvalue weighted by Crippen LogP contribution is -2.31. The number of nitro groups is 1. The summed E-state index contributed by atoms with van der Waals surface area (Å²) in [7, 11) is 1.64. The first-order valence-corrected chi connectivity index (χ1v) is 5.48. The third-order valence-electron chi connectivity index (χ3n) is 2.28. The minimum atomic E-state index is -0.571. The van der Waals surface area contributed by atoms with E-state index < -0.39 is 10.3 Å². The third-order valence-corrected chi connectivity index (χ3v) is 2.47. The van der Waals surface area contributed by atoms with E-state index in [0.717, 1.165) is 5.56 Å². The predicted molar refractivity (Wildman–Crippen MR) is 64.9 cm³/mol. The maximum atomic E-state index is 11.5. The van der Waals surface area contributed by atoms with Crippen LogP contribution in [0.5, 0.6) is 0 Å². The summed E-state index contributed by atoms with van der Waals surface area (Å²) in [5.74, 6) is -0.176. The van der Waals surface area contributed by atoms with Crippen LogP contribution in [0.4, 0.5) is 5.69 Å². The van der Waals surface area contributed by atoms with Crippen LogP contribution in [0.2, 0.25) is 0 Å². The second kappa shape index (κ2) is 5.63. The minimum absolute atomic E-state index is 0.0356. The fourth-order valence-electron chi connectivity index (χ4n) is 1.38. The van der Waals surface area contributed by atoms with Gasteiger partial charge in [0.1, 0.15) is 5.38 Å². The summed E-state index contributed by atoms with van der Waals surface area (Å²) in [5.41, 5.74) is 0.859. The summed E-state index contributed by atoms with van der Waals surface area (Å²) in [4.78, 5) is 23.0. The highest BCUT2D eigenvalue weighted by Crippen LogP contribution is 2.13. The molecule has 1 unspecified atom stereocenters. The van der Waals surface area contributed by atoms with Gasteiger partial charge in [-0.05, 0) is 12.5 Å². The number of amides is 1. The third kappa shape index (κ3) is 3.71. The van der Waals surface area contributed by atoms with E-state index in [9.17, 15) is 14.9 Å². The Morgan fingerprint density at radius 1 is 1.47 bits per heavy atom. The fraction of sp³-hybridized carbons (Fsp3) is 0.364. The molecule has 0 saturated heterocycles. The zero-order valence-corrected chi connectivity index (χ0v) is 10.3. The topological polar surface area (TPSA) is 63.5 Å². The molecule has 0 fully saturated rings. The first-order valence-electron chi connectivity index (χ1n) is 5.04. The lowest BCUT2D eigenvalue weighted by molar-refractivity contribution is -0.384. The molecule has 1 atom stereocenters. The van der Waals surface area contributed by atoms with Crippen LogP contribution in [-0.2, 0) is 11.3 Å². The lowest BCUT2D eigenvalue weighted by atomic mass is 10.2. The van der Waals surface area contributed by atoms with Gasteiger partial charge in [-0.25, -0.2) is 0 Å².